The fraction of sp³-hybridized carbons (Fsp3) is 0.333. The number of anilines is 2. The standard InChI is InChI=1S/C30H36ClN7O6S/c1-4-44-25-11-6-10-23(31)27(25)29(40)35-24-19-32-36-28(24)30(41)34-20-13-16-38(17-14-20)45(42,43)22-9-5-8-21(18-22)33-26(39)12-7-15-37(2)3/h5-12,18-20H,4,13-17H2,1-3H3,(H,32,36)(H,33,39)(H,34,41)(H,35,40). The highest BCUT2D eigenvalue weighted by Crippen LogP contribution is 2.28. The third kappa shape index (κ3) is 8.69. The molecule has 1 aromatic heterocycles. The van der Waals surface area contributed by atoms with Crippen LogP contribution < -0.4 is 20.7 Å². The molecule has 0 saturated carbocycles. The molecule has 1 aliphatic heterocycles. The molecule has 0 radical (unpaired) electrons. The average Bonchev–Trinajstić information content (AvgIpc) is 3.46. The van der Waals surface area contributed by atoms with Gasteiger partial charge >= 0.3 is 0 Å². The Hall–Kier alpha value is -4.24. The van der Waals surface area contributed by atoms with Crippen LogP contribution in [-0.2, 0) is 14.8 Å². The first-order valence-corrected chi connectivity index (χ1v) is 16.1. The molecule has 1 fully saturated rings. The van der Waals surface area contributed by atoms with Crippen LogP contribution in [0.15, 0.2) is 65.7 Å². The smallest absolute Gasteiger partial charge is 0.271 e. The zero-order chi connectivity index (χ0) is 32.6. The zero-order valence-electron chi connectivity index (χ0n) is 25.2. The summed E-state index contributed by atoms with van der Waals surface area (Å²) >= 11 is 6.26. The number of aromatic nitrogens is 2. The Kier molecular flexibility index (Phi) is 11.3. The van der Waals surface area contributed by atoms with E-state index in [0.717, 1.165) is 0 Å². The van der Waals surface area contributed by atoms with E-state index in [2.05, 4.69) is 26.1 Å². The van der Waals surface area contributed by atoms with E-state index in [1.54, 1.807) is 43.3 Å². The second kappa shape index (κ2) is 15.2. The van der Waals surface area contributed by atoms with Gasteiger partial charge in [0.1, 0.15) is 17.0 Å². The molecule has 0 atom stereocenters. The van der Waals surface area contributed by atoms with E-state index in [-0.39, 0.29) is 51.9 Å². The number of aromatic amines is 1. The lowest BCUT2D eigenvalue weighted by Crippen LogP contribution is -2.46. The normalized spacial score (nSPS) is 14.4. The van der Waals surface area contributed by atoms with Crippen molar-refractivity contribution in [3.63, 3.8) is 0 Å². The van der Waals surface area contributed by atoms with Crippen molar-refractivity contribution in [1.82, 2.24) is 24.7 Å². The van der Waals surface area contributed by atoms with Crippen LogP contribution in [0.4, 0.5) is 11.4 Å². The van der Waals surface area contributed by atoms with E-state index >= 15 is 0 Å². The van der Waals surface area contributed by atoms with Crippen LogP contribution in [-0.4, -0.2) is 91.9 Å². The van der Waals surface area contributed by atoms with Crippen LogP contribution >= 0.6 is 11.6 Å². The predicted molar refractivity (Wildman–Crippen MR) is 171 cm³/mol. The maximum Gasteiger partial charge on any atom is 0.271 e. The fourth-order valence-corrected chi connectivity index (χ4v) is 6.44. The number of amides is 3. The molecule has 15 heteroatoms. The number of halogens is 1. The third-order valence-corrected chi connectivity index (χ3v) is 9.09. The summed E-state index contributed by atoms with van der Waals surface area (Å²) in [5, 5.41) is 15.0. The molecule has 0 bridgehead atoms. The quantitative estimate of drug-likeness (QED) is 0.215. The van der Waals surface area contributed by atoms with Crippen LogP contribution in [0.3, 0.4) is 0 Å². The molecule has 0 aliphatic carbocycles. The molecule has 45 heavy (non-hydrogen) atoms. The minimum atomic E-state index is -3.84. The summed E-state index contributed by atoms with van der Waals surface area (Å²) in [4.78, 5) is 40.3. The number of nitrogens with one attached hydrogen (secondary N) is 4. The van der Waals surface area contributed by atoms with Crippen LogP contribution in [0.2, 0.25) is 5.02 Å². The van der Waals surface area contributed by atoms with Gasteiger partial charge in [-0.25, -0.2) is 8.42 Å². The van der Waals surface area contributed by atoms with Gasteiger partial charge in [0.2, 0.25) is 15.9 Å². The lowest BCUT2D eigenvalue weighted by molar-refractivity contribution is -0.111. The Morgan fingerprint density at radius 1 is 1.11 bits per heavy atom. The summed E-state index contributed by atoms with van der Waals surface area (Å²) in [6.45, 7) is 3.07. The number of rotatable bonds is 12. The topological polar surface area (TPSA) is 166 Å². The number of piperidine rings is 1. The van der Waals surface area contributed by atoms with Crippen molar-refractivity contribution in [3.05, 3.63) is 77.1 Å². The average molecular weight is 658 g/mol. The molecule has 0 spiro atoms. The Balaban J connectivity index is 1.35. The zero-order valence-corrected chi connectivity index (χ0v) is 26.7. The second-order valence-electron chi connectivity index (χ2n) is 10.5. The van der Waals surface area contributed by atoms with Crippen LogP contribution in [0.25, 0.3) is 0 Å². The van der Waals surface area contributed by atoms with Gasteiger partial charge in [-0.1, -0.05) is 29.8 Å². The summed E-state index contributed by atoms with van der Waals surface area (Å²) in [6, 6.07) is 10.6. The van der Waals surface area contributed by atoms with Crippen molar-refractivity contribution in [2.24, 2.45) is 0 Å². The molecular weight excluding hydrogens is 622 g/mol. The van der Waals surface area contributed by atoms with Crippen LogP contribution in [0.1, 0.15) is 40.6 Å². The number of likely N-dealkylation sites (N-methyl/N-ethyl adjacent to an activating group) is 1. The van der Waals surface area contributed by atoms with E-state index in [9.17, 15) is 22.8 Å². The van der Waals surface area contributed by atoms with E-state index in [1.165, 1.54) is 28.7 Å². The molecule has 0 unspecified atom stereocenters. The Morgan fingerprint density at radius 2 is 1.84 bits per heavy atom. The van der Waals surface area contributed by atoms with Crippen molar-refractivity contribution in [2.75, 3.05) is 51.0 Å². The van der Waals surface area contributed by atoms with Gasteiger partial charge in [-0.05, 0) is 64.2 Å². The van der Waals surface area contributed by atoms with Gasteiger partial charge in [0, 0.05) is 37.4 Å². The van der Waals surface area contributed by atoms with Crippen molar-refractivity contribution in [1.29, 1.82) is 0 Å². The maximum absolute atomic E-state index is 13.4. The molecule has 4 rings (SSSR count). The number of sulfonamides is 1. The van der Waals surface area contributed by atoms with Gasteiger partial charge in [0.05, 0.1) is 28.4 Å². The first-order valence-electron chi connectivity index (χ1n) is 14.3. The van der Waals surface area contributed by atoms with Gasteiger partial charge < -0.3 is 25.6 Å². The summed E-state index contributed by atoms with van der Waals surface area (Å²) < 4.78 is 33.6. The monoisotopic (exact) mass is 657 g/mol. The van der Waals surface area contributed by atoms with Gasteiger partial charge in [-0.2, -0.15) is 9.40 Å². The van der Waals surface area contributed by atoms with E-state index in [0.29, 0.717) is 37.4 Å². The lowest BCUT2D eigenvalue weighted by Gasteiger charge is -2.31. The van der Waals surface area contributed by atoms with E-state index < -0.39 is 21.8 Å². The Labute approximate surface area is 267 Å². The summed E-state index contributed by atoms with van der Waals surface area (Å²) in [5.41, 5.74) is 0.689. The number of carbonyl (C=O) groups is 3. The maximum atomic E-state index is 13.4. The largest absolute Gasteiger partial charge is 0.493 e. The number of benzene rings is 2. The number of hydrogen-bond donors (Lipinski definition) is 4. The number of nitrogens with zero attached hydrogens (tertiary/aromatic N) is 3. The Morgan fingerprint density at radius 3 is 2.56 bits per heavy atom. The van der Waals surface area contributed by atoms with E-state index in [1.807, 2.05) is 19.0 Å². The van der Waals surface area contributed by atoms with Gasteiger partial charge in [-0.3, -0.25) is 19.5 Å². The lowest BCUT2D eigenvalue weighted by atomic mass is 10.1. The number of carbonyl (C=O) groups excluding carboxylic acids is 3. The SMILES string of the molecule is CCOc1cccc(Cl)c1C(=O)Nc1cn[nH]c1C(=O)NC1CCN(S(=O)(=O)c2cccc(NC(=O)C=CCN(C)C)c2)CC1. The summed E-state index contributed by atoms with van der Waals surface area (Å²) in [6.07, 6.45) is 5.16. The number of hydrogen-bond acceptors (Lipinski definition) is 8. The molecule has 3 amide bonds. The highest BCUT2D eigenvalue weighted by Gasteiger charge is 2.31. The molecule has 1 saturated heterocycles. The highest BCUT2D eigenvalue weighted by atomic mass is 35.5. The summed E-state index contributed by atoms with van der Waals surface area (Å²) in [5.74, 6) is -1.12. The van der Waals surface area contributed by atoms with Crippen LogP contribution in [0, 0.1) is 0 Å². The Bertz CT molecular complexity index is 1670. The van der Waals surface area contributed by atoms with Crippen molar-refractivity contribution in [2.45, 2.75) is 30.7 Å². The minimum absolute atomic E-state index is 0.0406. The minimum Gasteiger partial charge on any atom is -0.493 e. The molecular formula is C30H36ClN7O6S. The van der Waals surface area contributed by atoms with E-state index in [4.69, 9.17) is 16.3 Å². The fourth-order valence-electron chi connectivity index (χ4n) is 4.68. The first-order chi connectivity index (χ1) is 21.5. The van der Waals surface area contributed by atoms with Gasteiger partial charge in [0.25, 0.3) is 11.8 Å². The van der Waals surface area contributed by atoms with Crippen molar-refractivity contribution < 1.29 is 27.5 Å². The summed E-state index contributed by atoms with van der Waals surface area (Å²) in [7, 11) is -0.0774. The number of ether oxygens (including phenoxy) is 1. The molecule has 2 heterocycles. The second-order valence-corrected chi connectivity index (χ2v) is 12.8. The first kappa shape index (κ1) is 33.6. The molecule has 240 valence electrons. The molecule has 1 aliphatic rings. The molecule has 4 N–H and O–H groups in total. The highest BCUT2D eigenvalue weighted by molar-refractivity contribution is 7.89. The van der Waals surface area contributed by atoms with Crippen molar-refractivity contribution >= 4 is 50.7 Å². The predicted octanol–water partition coefficient (Wildman–Crippen LogP) is 3.35. The van der Waals surface area contributed by atoms with Gasteiger partial charge in [-0.15, -0.1) is 0 Å². The third-order valence-electron chi connectivity index (χ3n) is 6.89. The molecule has 3 aromatic rings. The number of H-pyrrole nitrogens is 1. The van der Waals surface area contributed by atoms with Crippen molar-refractivity contribution in [3.8, 4) is 5.75 Å². The molecule has 2 aromatic carbocycles. The molecule has 13 nitrogen and oxygen atoms in total. The van der Waals surface area contributed by atoms with Crippen LogP contribution in [0.5, 0.6) is 5.75 Å². The van der Waals surface area contributed by atoms with Gasteiger partial charge in [0.15, 0.2) is 0 Å².